The van der Waals surface area contributed by atoms with Gasteiger partial charge in [-0.05, 0) is 42.7 Å². The van der Waals surface area contributed by atoms with E-state index in [2.05, 4.69) is 11.5 Å². The minimum atomic E-state index is -0.658. The summed E-state index contributed by atoms with van der Waals surface area (Å²) in [6.07, 6.45) is 2.38. The maximum absolute atomic E-state index is 13.2. The third-order valence-electron chi connectivity index (χ3n) is 6.45. The van der Waals surface area contributed by atoms with Gasteiger partial charge in [0.05, 0.1) is 24.8 Å². The predicted octanol–water partition coefficient (Wildman–Crippen LogP) is 3.70. The van der Waals surface area contributed by atoms with E-state index in [0.29, 0.717) is 37.7 Å². The van der Waals surface area contributed by atoms with Crippen molar-refractivity contribution in [3.05, 3.63) is 83.4 Å². The fourth-order valence-corrected chi connectivity index (χ4v) is 4.67. The second-order valence-electron chi connectivity index (χ2n) is 8.79. The van der Waals surface area contributed by atoms with Crippen LogP contribution in [-0.4, -0.2) is 72.6 Å². The largest absolute Gasteiger partial charge is 0.507 e. The Balaban J connectivity index is 1.65. The Morgan fingerprint density at radius 2 is 1.89 bits per heavy atom. The van der Waals surface area contributed by atoms with Gasteiger partial charge in [0.25, 0.3) is 11.7 Å². The lowest BCUT2D eigenvalue weighted by atomic mass is 9.94. The molecule has 184 valence electrons. The average molecular weight is 477 g/mol. The van der Waals surface area contributed by atoms with Crippen molar-refractivity contribution in [2.24, 2.45) is 0 Å². The third kappa shape index (κ3) is 5.47. The van der Waals surface area contributed by atoms with Crippen LogP contribution in [0.1, 0.15) is 29.2 Å². The Hall–Kier alpha value is -3.42. The molecule has 2 aromatic rings. The molecule has 1 N–H and O–H groups in total. The van der Waals surface area contributed by atoms with Gasteiger partial charge in [-0.15, -0.1) is 0 Å². The zero-order valence-electron chi connectivity index (χ0n) is 20.1. The number of hydrogen-bond donors (Lipinski definition) is 1. The number of hydrogen-bond acceptors (Lipinski definition) is 6. The number of rotatable bonds is 9. The first-order chi connectivity index (χ1) is 17.0. The van der Waals surface area contributed by atoms with E-state index in [9.17, 15) is 14.7 Å². The summed E-state index contributed by atoms with van der Waals surface area (Å²) in [7, 11) is 0. The van der Waals surface area contributed by atoms with E-state index in [1.807, 2.05) is 37.3 Å². The first-order valence-corrected chi connectivity index (χ1v) is 12.0. The summed E-state index contributed by atoms with van der Waals surface area (Å²) in [5.41, 5.74) is 2.16. The lowest BCUT2D eigenvalue weighted by Gasteiger charge is -2.29. The van der Waals surface area contributed by atoms with E-state index in [1.54, 1.807) is 29.2 Å². The van der Waals surface area contributed by atoms with Gasteiger partial charge in [0.2, 0.25) is 0 Å². The molecule has 0 spiro atoms. The van der Waals surface area contributed by atoms with Gasteiger partial charge in [0.15, 0.2) is 0 Å². The highest BCUT2D eigenvalue weighted by atomic mass is 16.5. The smallest absolute Gasteiger partial charge is 0.295 e. The number of nitrogens with zero attached hydrogens (tertiary/aromatic N) is 2. The third-order valence-corrected chi connectivity index (χ3v) is 6.45. The molecule has 4 rings (SSSR count). The summed E-state index contributed by atoms with van der Waals surface area (Å²) >= 11 is 0. The Morgan fingerprint density at radius 1 is 1.14 bits per heavy atom. The molecule has 1 atom stereocenters. The number of carbonyl (C=O) groups is 2. The zero-order valence-corrected chi connectivity index (χ0v) is 20.1. The molecule has 2 heterocycles. The van der Waals surface area contributed by atoms with E-state index in [4.69, 9.17) is 9.47 Å². The first kappa shape index (κ1) is 24.7. The Morgan fingerprint density at radius 3 is 2.57 bits per heavy atom. The van der Waals surface area contributed by atoms with Gasteiger partial charge in [-0.2, -0.15) is 0 Å². The number of morpholine rings is 1. The number of ether oxygens (including phenoxy) is 2. The molecule has 2 fully saturated rings. The van der Waals surface area contributed by atoms with Crippen LogP contribution in [0.5, 0.6) is 5.75 Å². The Kier molecular flexibility index (Phi) is 8.00. The van der Waals surface area contributed by atoms with Crippen LogP contribution < -0.4 is 4.74 Å². The molecule has 1 amide bonds. The first-order valence-electron chi connectivity index (χ1n) is 12.0. The van der Waals surface area contributed by atoms with E-state index in [-0.39, 0.29) is 11.3 Å². The average Bonchev–Trinajstić information content (AvgIpc) is 3.13. The molecular formula is C28H32N2O5. The second kappa shape index (κ2) is 11.3. The highest BCUT2D eigenvalue weighted by Crippen LogP contribution is 2.40. The SMILES string of the molecule is C=CCOc1ccc(C(O)=C2C(=O)C(=O)N(CCCN3CCOCC3)C2c2ccccc2)c(C)c1. The minimum absolute atomic E-state index is 0.121. The van der Waals surface area contributed by atoms with Gasteiger partial charge in [0, 0.05) is 31.7 Å². The maximum Gasteiger partial charge on any atom is 0.295 e. The van der Waals surface area contributed by atoms with Gasteiger partial charge >= 0.3 is 0 Å². The lowest BCUT2D eigenvalue weighted by molar-refractivity contribution is -0.140. The van der Waals surface area contributed by atoms with Crippen LogP contribution in [0.15, 0.2) is 66.8 Å². The number of aliphatic hydroxyl groups is 1. The highest BCUT2D eigenvalue weighted by Gasteiger charge is 2.45. The molecule has 0 bridgehead atoms. The van der Waals surface area contributed by atoms with Crippen molar-refractivity contribution in [3.8, 4) is 5.75 Å². The molecular weight excluding hydrogens is 444 g/mol. The topological polar surface area (TPSA) is 79.3 Å². The normalized spacial score (nSPS) is 20.3. The number of ketones is 1. The molecule has 1 unspecified atom stereocenters. The van der Waals surface area contributed by atoms with Crippen molar-refractivity contribution in [3.63, 3.8) is 0 Å². The number of aryl methyl sites for hydroxylation is 1. The van der Waals surface area contributed by atoms with Gasteiger partial charge in [-0.1, -0.05) is 43.0 Å². The maximum atomic E-state index is 13.2. The highest BCUT2D eigenvalue weighted by molar-refractivity contribution is 6.46. The van der Waals surface area contributed by atoms with Crippen molar-refractivity contribution in [1.82, 2.24) is 9.80 Å². The molecule has 35 heavy (non-hydrogen) atoms. The molecule has 2 aliphatic rings. The molecule has 0 saturated carbocycles. The van der Waals surface area contributed by atoms with E-state index in [1.165, 1.54) is 0 Å². The van der Waals surface area contributed by atoms with Crippen LogP contribution >= 0.6 is 0 Å². The summed E-state index contributed by atoms with van der Waals surface area (Å²) in [6.45, 7) is 10.3. The Labute approximate surface area is 206 Å². The van der Waals surface area contributed by atoms with Crippen LogP contribution in [-0.2, 0) is 14.3 Å². The molecule has 2 aromatic carbocycles. The number of likely N-dealkylation sites (tertiary alicyclic amines) is 1. The Bertz CT molecular complexity index is 1110. The molecule has 0 aromatic heterocycles. The fraction of sp³-hybridized carbons (Fsp3) is 0.357. The van der Waals surface area contributed by atoms with Crippen LogP contribution in [0.4, 0.5) is 0 Å². The predicted molar refractivity (Wildman–Crippen MR) is 134 cm³/mol. The van der Waals surface area contributed by atoms with Gasteiger partial charge in [0.1, 0.15) is 18.1 Å². The molecule has 0 aliphatic carbocycles. The lowest BCUT2D eigenvalue weighted by Crippen LogP contribution is -2.38. The number of amides is 1. The number of Topliss-reactive ketones (excluding diaryl/α,β-unsaturated/α-hetero) is 1. The van der Waals surface area contributed by atoms with Gasteiger partial charge in [-0.3, -0.25) is 14.5 Å². The quantitative estimate of drug-likeness (QED) is 0.257. The van der Waals surface area contributed by atoms with Crippen LogP contribution in [0, 0.1) is 6.92 Å². The van der Waals surface area contributed by atoms with Crippen LogP contribution in [0.25, 0.3) is 5.76 Å². The molecule has 0 radical (unpaired) electrons. The number of benzene rings is 2. The molecule has 2 aliphatic heterocycles. The molecule has 7 heteroatoms. The summed E-state index contributed by atoms with van der Waals surface area (Å²) in [6, 6.07) is 14.0. The minimum Gasteiger partial charge on any atom is -0.507 e. The van der Waals surface area contributed by atoms with Gasteiger partial charge < -0.3 is 19.5 Å². The van der Waals surface area contributed by atoms with E-state index >= 15 is 0 Å². The van der Waals surface area contributed by atoms with Crippen LogP contribution in [0.3, 0.4) is 0 Å². The molecule has 2 saturated heterocycles. The van der Waals surface area contributed by atoms with Crippen molar-refractivity contribution >= 4 is 17.4 Å². The van der Waals surface area contributed by atoms with Crippen molar-refractivity contribution in [1.29, 1.82) is 0 Å². The summed E-state index contributed by atoms with van der Waals surface area (Å²) in [5, 5.41) is 11.3. The van der Waals surface area contributed by atoms with Crippen molar-refractivity contribution < 1.29 is 24.2 Å². The van der Waals surface area contributed by atoms with E-state index in [0.717, 1.165) is 37.2 Å². The summed E-state index contributed by atoms with van der Waals surface area (Å²) in [5.74, 6) is -0.761. The zero-order chi connectivity index (χ0) is 24.8. The second-order valence-corrected chi connectivity index (χ2v) is 8.79. The molecule has 7 nitrogen and oxygen atoms in total. The monoisotopic (exact) mass is 476 g/mol. The van der Waals surface area contributed by atoms with Crippen LogP contribution in [0.2, 0.25) is 0 Å². The summed E-state index contributed by atoms with van der Waals surface area (Å²) < 4.78 is 11.0. The number of aliphatic hydroxyl groups excluding tert-OH is 1. The fourth-order valence-electron chi connectivity index (χ4n) is 4.67. The standard InChI is InChI=1S/C28H32N2O5/c1-3-16-35-22-10-11-23(20(2)19-22)26(31)24-25(21-8-5-4-6-9-21)30(28(33)27(24)32)13-7-12-29-14-17-34-18-15-29/h3-6,8-11,19,25,31H,1,7,12-18H2,2H3. The number of carbonyl (C=O) groups excluding carboxylic acids is 2. The summed E-state index contributed by atoms with van der Waals surface area (Å²) in [4.78, 5) is 30.3. The van der Waals surface area contributed by atoms with Gasteiger partial charge in [-0.25, -0.2) is 0 Å². The van der Waals surface area contributed by atoms with Crippen molar-refractivity contribution in [2.45, 2.75) is 19.4 Å². The van der Waals surface area contributed by atoms with Crippen molar-refractivity contribution in [2.75, 3.05) is 46.0 Å². The van der Waals surface area contributed by atoms with E-state index < -0.39 is 17.7 Å².